The SMILES string of the molecule is CC/C=C\c1c(C)c2ccc(-c3cc(-c4ccc5c(c4)c4ccccc4n5-c4ccc(-n5c6ccccc6c6ccccc65)cc4)cc4c3oc3ccccc34)cc2n1-c1ccccc1. The average molecular weight is 834 g/mol. The van der Waals surface area contributed by atoms with Gasteiger partial charge in [-0.2, -0.15) is 0 Å². The van der Waals surface area contributed by atoms with Crippen LogP contribution in [0.2, 0.25) is 0 Å². The smallest absolute Gasteiger partial charge is 0.143 e. The van der Waals surface area contributed by atoms with Crippen LogP contribution in [0.5, 0.6) is 0 Å². The van der Waals surface area contributed by atoms with Crippen molar-refractivity contribution in [1.82, 2.24) is 13.7 Å². The second-order valence-corrected chi connectivity index (χ2v) is 17.2. The van der Waals surface area contributed by atoms with Crippen molar-refractivity contribution in [2.75, 3.05) is 0 Å². The first-order valence-electron chi connectivity index (χ1n) is 22.6. The summed E-state index contributed by atoms with van der Waals surface area (Å²) in [6.45, 7) is 4.43. The van der Waals surface area contributed by atoms with E-state index >= 15 is 0 Å². The summed E-state index contributed by atoms with van der Waals surface area (Å²) in [5, 5.41) is 8.44. The van der Waals surface area contributed by atoms with Crippen LogP contribution in [0.3, 0.4) is 0 Å². The maximum atomic E-state index is 6.77. The number of hydrogen-bond acceptors (Lipinski definition) is 1. The van der Waals surface area contributed by atoms with Crippen molar-refractivity contribution in [2.24, 2.45) is 0 Å². The van der Waals surface area contributed by atoms with Gasteiger partial charge in [-0.25, -0.2) is 0 Å². The zero-order valence-electron chi connectivity index (χ0n) is 36.2. The Balaban J connectivity index is 0.977. The van der Waals surface area contributed by atoms with Gasteiger partial charge in [0.2, 0.25) is 0 Å². The van der Waals surface area contributed by atoms with E-state index in [1.165, 1.54) is 65.8 Å². The van der Waals surface area contributed by atoms with Crippen molar-refractivity contribution in [3.05, 3.63) is 218 Å². The molecule has 0 bridgehead atoms. The molecule has 0 aliphatic heterocycles. The molecule has 9 aromatic carbocycles. The second kappa shape index (κ2) is 14.6. The third-order valence-electron chi connectivity index (χ3n) is 13.5. The summed E-state index contributed by atoms with van der Waals surface area (Å²) in [5.41, 5.74) is 18.1. The lowest BCUT2D eigenvalue weighted by atomic mass is 9.94. The molecule has 0 aliphatic rings. The fourth-order valence-corrected chi connectivity index (χ4v) is 10.5. The van der Waals surface area contributed by atoms with Gasteiger partial charge in [0.15, 0.2) is 0 Å². The predicted molar refractivity (Wildman–Crippen MR) is 274 cm³/mol. The summed E-state index contributed by atoms with van der Waals surface area (Å²) in [6, 6.07) is 72.9. The zero-order chi connectivity index (χ0) is 43.2. The van der Waals surface area contributed by atoms with Gasteiger partial charge >= 0.3 is 0 Å². The molecule has 0 unspecified atom stereocenters. The van der Waals surface area contributed by atoms with E-state index in [1.54, 1.807) is 0 Å². The molecule has 0 fully saturated rings. The summed E-state index contributed by atoms with van der Waals surface area (Å²) in [7, 11) is 0. The molecular formula is C61H43N3O. The van der Waals surface area contributed by atoms with Crippen LogP contribution in [0.25, 0.3) is 122 Å². The number of nitrogens with zero attached hydrogens (tertiary/aromatic N) is 3. The fraction of sp³-hybridized carbons (Fsp3) is 0.0492. The summed E-state index contributed by atoms with van der Waals surface area (Å²) in [6.07, 6.45) is 5.50. The molecule has 0 aliphatic carbocycles. The van der Waals surface area contributed by atoms with Crippen LogP contribution in [0, 0.1) is 6.92 Å². The summed E-state index contributed by atoms with van der Waals surface area (Å²) < 4.78 is 14.0. The van der Waals surface area contributed by atoms with E-state index in [0.29, 0.717) is 0 Å². The Bertz CT molecular complexity index is 3990. The monoisotopic (exact) mass is 833 g/mol. The standard InChI is InChI=1S/C61H43N3O/c1-3-4-22-54-39(2)46-33-27-41(38-59(46)62(54)43-16-6-5-7-17-43)51-36-42(37-53-50-21-11-15-26-60(50)65-61(51)53)40-28-34-58-52(35-40)49-20-10-14-25-57(49)64(58)45-31-29-44(30-32-45)63-55-23-12-8-18-47(55)48-19-9-13-24-56(48)63/h4-38H,3H2,1-2H3/b22-4-. The van der Waals surface area contributed by atoms with E-state index in [-0.39, 0.29) is 0 Å². The van der Waals surface area contributed by atoms with E-state index in [4.69, 9.17) is 4.42 Å². The molecule has 0 saturated carbocycles. The molecule has 0 atom stereocenters. The van der Waals surface area contributed by atoms with E-state index in [9.17, 15) is 0 Å². The van der Waals surface area contributed by atoms with Crippen LogP contribution < -0.4 is 0 Å². The largest absolute Gasteiger partial charge is 0.455 e. The van der Waals surface area contributed by atoms with Gasteiger partial charge in [0, 0.05) is 66.0 Å². The highest BCUT2D eigenvalue weighted by atomic mass is 16.3. The highest BCUT2D eigenvalue weighted by Crippen LogP contribution is 2.43. The van der Waals surface area contributed by atoms with E-state index < -0.39 is 0 Å². The highest BCUT2D eigenvalue weighted by Gasteiger charge is 2.21. The number of hydrogen-bond donors (Lipinski definition) is 0. The minimum absolute atomic E-state index is 0.889. The summed E-state index contributed by atoms with van der Waals surface area (Å²) in [5.74, 6) is 0. The van der Waals surface area contributed by atoms with Crippen molar-refractivity contribution < 1.29 is 4.42 Å². The first-order chi connectivity index (χ1) is 32.1. The quantitative estimate of drug-likeness (QED) is 0.157. The topological polar surface area (TPSA) is 27.9 Å². The first-order valence-corrected chi connectivity index (χ1v) is 22.6. The third kappa shape index (κ3) is 5.70. The number of aromatic nitrogens is 3. The van der Waals surface area contributed by atoms with Gasteiger partial charge in [0.1, 0.15) is 11.2 Å². The van der Waals surface area contributed by atoms with E-state index in [0.717, 1.165) is 67.7 Å². The number of fused-ring (bicyclic) bond motifs is 10. The Morgan fingerprint density at radius 2 is 0.938 bits per heavy atom. The summed E-state index contributed by atoms with van der Waals surface area (Å²) >= 11 is 0. The number of furan rings is 1. The normalized spacial score (nSPS) is 12.2. The average Bonchev–Trinajstić information content (AvgIpc) is 4.09. The molecule has 0 N–H and O–H groups in total. The van der Waals surface area contributed by atoms with Crippen molar-refractivity contribution in [2.45, 2.75) is 20.3 Å². The molecule has 13 rings (SSSR count). The van der Waals surface area contributed by atoms with Gasteiger partial charge in [-0.3, -0.25) is 0 Å². The van der Waals surface area contributed by atoms with Gasteiger partial charge in [0.25, 0.3) is 0 Å². The number of para-hydroxylation sites is 5. The van der Waals surface area contributed by atoms with Gasteiger partial charge in [-0.15, -0.1) is 0 Å². The Hall–Kier alpha value is -8.34. The Labute approximate surface area is 376 Å². The number of rotatable bonds is 7. The van der Waals surface area contributed by atoms with Crippen LogP contribution in [-0.2, 0) is 0 Å². The number of benzene rings is 9. The molecule has 0 saturated heterocycles. The van der Waals surface area contributed by atoms with Crippen molar-refractivity contribution in [1.29, 1.82) is 0 Å². The minimum Gasteiger partial charge on any atom is -0.455 e. The Morgan fingerprint density at radius 1 is 0.400 bits per heavy atom. The molecule has 4 heteroatoms. The molecule has 65 heavy (non-hydrogen) atoms. The molecule has 13 aromatic rings. The van der Waals surface area contributed by atoms with Gasteiger partial charge < -0.3 is 18.1 Å². The number of aryl methyl sites for hydroxylation is 1. The van der Waals surface area contributed by atoms with E-state index in [1.807, 2.05) is 0 Å². The molecule has 0 amide bonds. The van der Waals surface area contributed by atoms with Gasteiger partial charge in [-0.1, -0.05) is 122 Å². The molecule has 4 nitrogen and oxygen atoms in total. The van der Waals surface area contributed by atoms with E-state index in [2.05, 4.69) is 240 Å². The molecule has 0 radical (unpaired) electrons. The Kier molecular flexibility index (Phi) is 8.37. The molecule has 4 aromatic heterocycles. The maximum Gasteiger partial charge on any atom is 0.143 e. The van der Waals surface area contributed by atoms with Crippen molar-refractivity contribution in [3.8, 4) is 39.3 Å². The molecule has 308 valence electrons. The van der Waals surface area contributed by atoms with Crippen LogP contribution >= 0.6 is 0 Å². The zero-order valence-corrected chi connectivity index (χ0v) is 36.2. The van der Waals surface area contributed by atoms with Crippen molar-refractivity contribution in [3.63, 3.8) is 0 Å². The third-order valence-corrected chi connectivity index (χ3v) is 13.5. The molecular weight excluding hydrogens is 791 g/mol. The van der Waals surface area contributed by atoms with Gasteiger partial charge in [0.05, 0.1) is 27.6 Å². The fourth-order valence-electron chi connectivity index (χ4n) is 10.5. The number of allylic oxidation sites excluding steroid dienone is 1. The minimum atomic E-state index is 0.889. The first kappa shape index (κ1) is 37.2. The lowest BCUT2D eigenvalue weighted by Gasteiger charge is -2.12. The lowest BCUT2D eigenvalue weighted by Crippen LogP contribution is -1.97. The molecule has 4 heterocycles. The van der Waals surface area contributed by atoms with Crippen LogP contribution in [0.4, 0.5) is 0 Å². The summed E-state index contributed by atoms with van der Waals surface area (Å²) in [4.78, 5) is 0. The van der Waals surface area contributed by atoms with Crippen LogP contribution in [0.1, 0.15) is 24.6 Å². The van der Waals surface area contributed by atoms with Crippen molar-refractivity contribution >= 4 is 82.5 Å². The highest BCUT2D eigenvalue weighted by molar-refractivity contribution is 6.14. The molecule has 0 spiro atoms. The van der Waals surface area contributed by atoms with Crippen LogP contribution in [0.15, 0.2) is 211 Å². The lowest BCUT2D eigenvalue weighted by molar-refractivity contribution is 0.670. The predicted octanol–water partition coefficient (Wildman–Crippen LogP) is 16.8. The Morgan fingerprint density at radius 3 is 1.60 bits per heavy atom. The van der Waals surface area contributed by atoms with Gasteiger partial charge in [-0.05, 0) is 133 Å². The maximum absolute atomic E-state index is 6.77. The van der Waals surface area contributed by atoms with Crippen LogP contribution in [-0.4, -0.2) is 13.7 Å². The second-order valence-electron chi connectivity index (χ2n) is 17.2.